The molecular weight excluding hydrogens is 264 g/mol. The number of hydrogen-bond acceptors (Lipinski definition) is 2. The van der Waals surface area contributed by atoms with Crippen molar-refractivity contribution < 1.29 is 0 Å². The number of halogens is 1. The van der Waals surface area contributed by atoms with Gasteiger partial charge >= 0.3 is 0 Å². The van der Waals surface area contributed by atoms with E-state index in [-0.39, 0.29) is 5.43 Å². The van der Waals surface area contributed by atoms with Gasteiger partial charge in [-0.2, -0.15) is 0 Å². The van der Waals surface area contributed by atoms with Crippen LogP contribution in [-0.4, -0.2) is 0 Å². The lowest BCUT2D eigenvalue weighted by molar-refractivity contribution is 1.71. The highest BCUT2D eigenvalue weighted by Crippen LogP contribution is 2.31. The van der Waals surface area contributed by atoms with Gasteiger partial charge in [-0.3, -0.25) is 4.79 Å². The van der Waals surface area contributed by atoms with Crippen LogP contribution < -0.4 is 5.43 Å². The third kappa shape index (κ3) is 1.57. The molecule has 0 fully saturated rings. The van der Waals surface area contributed by atoms with Crippen molar-refractivity contribution in [3.05, 3.63) is 63.8 Å². The fourth-order valence-electron chi connectivity index (χ4n) is 2.03. The van der Waals surface area contributed by atoms with E-state index in [0.29, 0.717) is 10.4 Å². The summed E-state index contributed by atoms with van der Waals surface area (Å²) in [6.07, 6.45) is 1.67. The lowest BCUT2D eigenvalue weighted by Gasteiger charge is -2.04. The average Bonchev–Trinajstić information content (AvgIpc) is 2.39. The molecule has 0 atom stereocenters. The summed E-state index contributed by atoms with van der Waals surface area (Å²) in [7, 11) is 0. The molecule has 3 rings (SSSR count). The van der Waals surface area contributed by atoms with E-state index in [0.717, 1.165) is 20.3 Å². The molecule has 3 heteroatoms. The van der Waals surface area contributed by atoms with Gasteiger partial charge in [-0.15, -0.1) is 11.3 Å². The monoisotopic (exact) mass is 272 g/mol. The summed E-state index contributed by atoms with van der Waals surface area (Å²) in [6.45, 7) is 3.71. The van der Waals surface area contributed by atoms with Crippen molar-refractivity contribution >= 4 is 49.2 Å². The first kappa shape index (κ1) is 11.5. The van der Waals surface area contributed by atoms with E-state index >= 15 is 0 Å². The molecule has 0 saturated heterocycles. The van der Waals surface area contributed by atoms with E-state index in [4.69, 9.17) is 11.6 Å². The van der Waals surface area contributed by atoms with Crippen LogP contribution in [0.3, 0.4) is 0 Å². The molecule has 0 radical (unpaired) electrons. The summed E-state index contributed by atoms with van der Waals surface area (Å²) >= 11 is 7.86. The van der Waals surface area contributed by atoms with Gasteiger partial charge in [0.2, 0.25) is 0 Å². The van der Waals surface area contributed by atoms with Crippen molar-refractivity contribution in [2.45, 2.75) is 0 Å². The van der Waals surface area contributed by atoms with Gasteiger partial charge in [0.15, 0.2) is 5.43 Å². The Morgan fingerprint density at radius 3 is 2.67 bits per heavy atom. The Labute approximate surface area is 113 Å². The third-order valence-electron chi connectivity index (χ3n) is 2.93. The maximum absolute atomic E-state index is 12.5. The Balaban J connectivity index is 2.61. The minimum atomic E-state index is -0.00644. The molecule has 0 bridgehead atoms. The first-order chi connectivity index (χ1) is 8.72. The topological polar surface area (TPSA) is 17.1 Å². The lowest BCUT2D eigenvalue weighted by atomic mass is 10.1. The van der Waals surface area contributed by atoms with Crippen molar-refractivity contribution in [1.29, 1.82) is 0 Å². The molecular formula is C15H9ClOS. The Morgan fingerprint density at radius 2 is 1.89 bits per heavy atom. The fraction of sp³-hybridized carbons (Fsp3) is 0. The second kappa shape index (κ2) is 4.23. The molecule has 0 aliphatic carbocycles. The SMILES string of the molecule is C=Cc1ccc2sc3ccccc3c(=O)c2c1Cl. The van der Waals surface area contributed by atoms with Gasteiger partial charge in [0.05, 0.1) is 10.4 Å². The summed E-state index contributed by atoms with van der Waals surface area (Å²) < 4.78 is 1.90. The van der Waals surface area contributed by atoms with Crippen LogP contribution >= 0.6 is 22.9 Å². The second-order valence-corrected chi connectivity index (χ2v) is 5.44. The maximum atomic E-state index is 12.5. The van der Waals surface area contributed by atoms with E-state index < -0.39 is 0 Å². The molecule has 88 valence electrons. The summed E-state index contributed by atoms with van der Waals surface area (Å²) in [5.74, 6) is 0. The van der Waals surface area contributed by atoms with Gasteiger partial charge in [0, 0.05) is 14.8 Å². The largest absolute Gasteiger partial charge is 0.288 e. The Kier molecular flexibility index (Phi) is 2.69. The van der Waals surface area contributed by atoms with Gasteiger partial charge < -0.3 is 0 Å². The molecule has 0 N–H and O–H groups in total. The Hall–Kier alpha value is -1.64. The molecule has 1 heterocycles. The highest BCUT2D eigenvalue weighted by molar-refractivity contribution is 7.24. The van der Waals surface area contributed by atoms with Gasteiger partial charge in [0.1, 0.15) is 0 Å². The molecule has 2 aromatic carbocycles. The summed E-state index contributed by atoms with van der Waals surface area (Å²) in [5.41, 5.74) is 0.789. The zero-order valence-electron chi connectivity index (χ0n) is 9.44. The van der Waals surface area contributed by atoms with E-state index in [2.05, 4.69) is 6.58 Å². The number of benzene rings is 2. The van der Waals surface area contributed by atoms with E-state index in [1.807, 2.05) is 36.4 Å². The van der Waals surface area contributed by atoms with Crippen LogP contribution in [0.1, 0.15) is 5.56 Å². The lowest BCUT2D eigenvalue weighted by Crippen LogP contribution is -2.02. The molecule has 1 aromatic heterocycles. The van der Waals surface area contributed by atoms with Crippen molar-refractivity contribution in [2.24, 2.45) is 0 Å². The van der Waals surface area contributed by atoms with E-state index in [1.165, 1.54) is 0 Å². The highest BCUT2D eigenvalue weighted by Gasteiger charge is 2.10. The van der Waals surface area contributed by atoms with Crippen LogP contribution in [0, 0.1) is 0 Å². The van der Waals surface area contributed by atoms with Crippen LogP contribution in [0.5, 0.6) is 0 Å². The van der Waals surface area contributed by atoms with Gasteiger partial charge in [-0.1, -0.05) is 42.5 Å². The highest BCUT2D eigenvalue weighted by atomic mass is 35.5. The van der Waals surface area contributed by atoms with Crippen LogP contribution in [0.15, 0.2) is 47.8 Å². The van der Waals surface area contributed by atoms with Crippen LogP contribution in [0.2, 0.25) is 5.02 Å². The fourth-order valence-corrected chi connectivity index (χ4v) is 3.50. The number of rotatable bonds is 1. The Bertz CT molecular complexity index is 833. The molecule has 0 saturated carbocycles. The minimum absolute atomic E-state index is 0.00644. The van der Waals surface area contributed by atoms with Crippen molar-refractivity contribution in [3.8, 4) is 0 Å². The Morgan fingerprint density at radius 1 is 1.11 bits per heavy atom. The zero-order valence-corrected chi connectivity index (χ0v) is 11.0. The molecule has 0 spiro atoms. The van der Waals surface area contributed by atoms with Gasteiger partial charge in [0.25, 0.3) is 0 Å². The van der Waals surface area contributed by atoms with Crippen LogP contribution in [-0.2, 0) is 0 Å². The van der Waals surface area contributed by atoms with Gasteiger partial charge in [-0.05, 0) is 23.8 Å². The smallest absolute Gasteiger partial charge is 0.197 e. The molecule has 0 aliphatic rings. The van der Waals surface area contributed by atoms with Crippen molar-refractivity contribution in [1.82, 2.24) is 0 Å². The van der Waals surface area contributed by atoms with Gasteiger partial charge in [-0.25, -0.2) is 0 Å². The molecule has 1 nitrogen and oxygen atoms in total. The molecule has 0 amide bonds. The normalized spacial score (nSPS) is 10.9. The summed E-state index contributed by atoms with van der Waals surface area (Å²) in [5, 5.41) is 1.81. The molecule has 18 heavy (non-hydrogen) atoms. The first-order valence-electron chi connectivity index (χ1n) is 5.49. The quantitative estimate of drug-likeness (QED) is 0.586. The van der Waals surface area contributed by atoms with Crippen molar-refractivity contribution in [2.75, 3.05) is 0 Å². The standard InChI is InChI=1S/C15H9ClOS/c1-2-9-7-8-12-13(14(9)16)15(17)10-5-3-4-6-11(10)18-12/h2-8H,1H2. The third-order valence-corrected chi connectivity index (χ3v) is 4.48. The molecule has 0 unspecified atom stereocenters. The van der Waals surface area contributed by atoms with E-state index in [9.17, 15) is 4.79 Å². The van der Waals surface area contributed by atoms with Crippen LogP contribution in [0.25, 0.3) is 26.2 Å². The molecule has 3 aromatic rings. The first-order valence-corrected chi connectivity index (χ1v) is 6.68. The predicted octanol–water partition coefficient (Wildman–Crippen LogP) is 4.71. The minimum Gasteiger partial charge on any atom is -0.288 e. The summed E-state index contributed by atoms with van der Waals surface area (Å²) in [6, 6.07) is 11.4. The number of fused-ring (bicyclic) bond motifs is 2. The molecule has 0 aliphatic heterocycles. The summed E-state index contributed by atoms with van der Waals surface area (Å²) in [4.78, 5) is 12.5. The average molecular weight is 273 g/mol. The van der Waals surface area contributed by atoms with Crippen molar-refractivity contribution in [3.63, 3.8) is 0 Å². The predicted molar refractivity (Wildman–Crippen MR) is 80.7 cm³/mol. The maximum Gasteiger partial charge on any atom is 0.197 e. The van der Waals surface area contributed by atoms with E-state index in [1.54, 1.807) is 17.4 Å². The second-order valence-electron chi connectivity index (χ2n) is 3.97. The zero-order chi connectivity index (χ0) is 12.7. The number of hydrogen-bond donors (Lipinski definition) is 0. The van der Waals surface area contributed by atoms with Crippen LogP contribution in [0.4, 0.5) is 0 Å².